The van der Waals surface area contributed by atoms with Crippen LogP contribution in [0.15, 0.2) is 41.7 Å². The Morgan fingerprint density at radius 2 is 2.00 bits per heavy atom. The quantitative estimate of drug-likeness (QED) is 0.603. The molecule has 4 rings (SSSR count). The first-order valence-corrected chi connectivity index (χ1v) is 8.97. The topological polar surface area (TPSA) is 49.4 Å². The number of hydrogen-bond acceptors (Lipinski definition) is 3. The lowest BCUT2D eigenvalue weighted by molar-refractivity contribution is 0.157. The molecule has 1 aromatic heterocycles. The van der Waals surface area contributed by atoms with E-state index in [4.69, 9.17) is 4.84 Å². The second kappa shape index (κ2) is 6.37. The molecule has 140 valence electrons. The van der Waals surface area contributed by atoms with Gasteiger partial charge in [-0.15, -0.1) is 0 Å². The number of nitrogens with zero attached hydrogens (tertiary/aromatic N) is 1. The average Bonchev–Trinajstić information content (AvgIpc) is 3.07. The lowest BCUT2D eigenvalue weighted by Gasteiger charge is -2.35. The van der Waals surface area contributed by atoms with Crippen LogP contribution in [0.25, 0.3) is 22.0 Å². The van der Waals surface area contributed by atoms with Crippen LogP contribution in [-0.4, -0.2) is 22.8 Å². The highest BCUT2D eigenvalue weighted by Crippen LogP contribution is 2.40. The molecule has 0 spiro atoms. The van der Waals surface area contributed by atoms with E-state index in [0.717, 1.165) is 5.39 Å². The molecule has 0 radical (unpaired) electrons. The first kappa shape index (κ1) is 17.5. The molecule has 4 nitrogen and oxygen atoms in total. The predicted molar refractivity (Wildman–Crippen MR) is 104 cm³/mol. The third-order valence-corrected chi connectivity index (χ3v) is 4.75. The molecule has 6 heteroatoms. The first-order valence-electron chi connectivity index (χ1n) is 8.97. The van der Waals surface area contributed by atoms with Gasteiger partial charge in [0.2, 0.25) is 0 Å². The van der Waals surface area contributed by atoms with Crippen molar-refractivity contribution in [3.05, 3.63) is 53.7 Å². The number of H-pyrrole nitrogens is 1. The molecule has 0 aliphatic carbocycles. The van der Waals surface area contributed by atoms with Gasteiger partial charge >= 0.3 is 0 Å². The maximum atomic E-state index is 15.6. The van der Waals surface area contributed by atoms with Crippen molar-refractivity contribution in [1.82, 2.24) is 4.98 Å². The van der Waals surface area contributed by atoms with Crippen LogP contribution >= 0.6 is 0 Å². The molecule has 0 atom stereocenters. The number of anilines is 1. The SMILES string of the molecule is CCON=C1CC(C)(C)Nc2cc(F)c(-c3cccc4cc[nH]c34)c(F)c21. The number of fused-ring (bicyclic) bond motifs is 2. The van der Waals surface area contributed by atoms with E-state index in [1.54, 1.807) is 18.3 Å². The Kier molecular flexibility index (Phi) is 4.13. The Labute approximate surface area is 156 Å². The van der Waals surface area contributed by atoms with E-state index < -0.39 is 11.6 Å². The Morgan fingerprint density at radius 3 is 2.78 bits per heavy atom. The van der Waals surface area contributed by atoms with Crippen molar-refractivity contribution in [2.45, 2.75) is 32.7 Å². The van der Waals surface area contributed by atoms with Crippen molar-refractivity contribution in [2.75, 3.05) is 11.9 Å². The zero-order chi connectivity index (χ0) is 19.2. The Morgan fingerprint density at radius 1 is 1.19 bits per heavy atom. The normalized spacial score (nSPS) is 17.0. The molecule has 3 aromatic rings. The van der Waals surface area contributed by atoms with Crippen molar-refractivity contribution >= 4 is 22.3 Å². The number of oxime groups is 1. The van der Waals surface area contributed by atoms with Crippen LogP contribution in [0.4, 0.5) is 14.5 Å². The van der Waals surface area contributed by atoms with E-state index in [-0.39, 0.29) is 16.7 Å². The van der Waals surface area contributed by atoms with Gasteiger partial charge in [-0.05, 0) is 38.3 Å². The van der Waals surface area contributed by atoms with Crippen molar-refractivity contribution in [2.24, 2.45) is 5.16 Å². The summed E-state index contributed by atoms with van der Waals surface area (Å²) in [6.07, 6.45) is 2.23. The molecule has 0 unspecified atom stereocenters. The fourth-order valence-corrected chi connectivity index (χ4v) is 3.68. The summed E-state index contributed by atoms with van der Waals surface area (Å²) in [5.74, 6) is -1.25. The van der Waals surface area contributed by atoms with Gasteiger partial charge in [-0.2, -0.15) is 0 Å². The molecule has 0 saturated heterocycles. The highest BCUT2D eigenvalue weighted by atomic mass is 19.1. The zero-order valence-corrected chi connectivity index (χ0v) is 15.5. The lowest BCUT2D eigenvalue weighted by Crippen LogP contribution is -2.39. The number of nitrogens with one attached hydrogen (secondary N) is 2. The van der Waals surface area contributed by atoms with Crippen LogP contribution in [0.3, 0.4) is 0 Å². The molecule has 2 heterocycles. The molecule has 0 bridgehead atoms. The van der Waals surface area contributed by atoms with Gasteiger partial charge in [0.1, 0.15) is 18.2 Å². The molecule has 1 aliphatic heterocycles. The van der Waals surface area contributed by atoms with Gasteiger partial charge in [0.05, 0.1) is 22.4 Å². The molecule has 2 N–H and O–H groups in total. The smallest absolute Gasteiger partial charge is 0.145 e. The molecule has 0 amide bonds. The molecule has 2 aromatic carbocycles. The molecule has 1 aliphatic rings. The van der Waals surface area contributed by atoms with Gasteiger partial charge in [0, 0.05) is 29.4 Å². The number of rotatable bonds is 3. The number of benzene rings is 2. The van der Waals surface area contributed by atoms with Crippen LogP contribution in [0.1, 0.15) is 32.8 Å². The highest BCUT2D eigenvalue weighted by Gasteiger charge is 2.34. The maximum Gasteiger partial charge on any atom is 0.145 e. The van der Waals surface area contributed by atoms with E-state index in [1.165, 1.54) is 6.07 Å². The van der Waals surface area contributed by atoms with Gasteiger partial charge < -0.3 is 15.1 Å². The van der Waals surface area contributed by atoms with Gasteiger partial charge in [0.25, 0.3) is 0 Å². The third-order valence-electron chi connectivity index (χ3n) is 4.75. The minimum atomic E-state index is -0.631. The van der Waals surface area contributed by atoms with E-state index in [1.807, 2.05) is 32.9 Å². The van der Waals surface area contributed by atoms with Crippen LogP contribution in [0.2, 0.25) is 0 Å². The summed E-state index contributed by atoms with van der Waals surface area (Å²) in [6, 6.07) is 8.62. The van der Waals surface area contributed by atoms with E-state index >= 15 is 8.78 Å². The Hall–Kier alpha value is -2.89. The third kappa shape index (κ3) is 2.95. The minimum Gasteiger partial charge on any atom is -0.396 e. The van der Waals surface area contributed by atoms with Gasteiger partial charge in [0.15, 0.2) is 0 Å². The maximum absolute atomic E-state index is 15.6. The molecule has 27 heavy (non-hydrogen) atoms. The number of aromatic nitrogens is 1. The number of aromatic amines is 1. The number of halogens is 2. The van der Waals surface area contributed by atoms with Crippen molar-refractivity contribution < 1.29 is 13.6 Å². The fraction of sp³-hybridized carbons (Fsp3) is 0.286. The summed E-state index contributed by atoms with van der Waals surface area (Å²) < 4.78 is 30.7. The summed E-state index contributed by atoms with van der Waals surface area (Å²) >= 11 is 0. The van der Waals surface area contributed by atoms with Gasteiger partial charge in [-0.25, -0.2) is 8.78 Å². The van der Waals surface area contributed by atoms with Crippen molar-refractivity contribution in [3.8, 4) is 11.1 Å². The van der Waals surface area contributed by atoms with Crippen LogP contribution < -0.4 is 5.32 Å². The largest absolute Gasteiger partial charge is 0.396 e. The van der Waals surface area contributed by atoms with E-state index in [0.29, 0.717) is 35.5 Å². The van der Waals surface area contributed by atoms with Gasteiger partial charge in [-0.1, -0.05) is 23.4 Å². The lowest BCUT2D eigenvalue weighted by atomic mass is 9.85. The second-order valence-electron chi connectivity index (χ2n) is 7.36. The summed E-state index contributed by atoms with van der Waals surface area (Å²) in [7, 11) is 0. The van der Waals surface area contributed by atoms with Crippen LogP contribution in [-0.2, 0) is 4.84 Å². The van der Waals surface area contributed by atoms with Crippen molar-refractivity contribution in [1.29, 1.82) is 0 Å². The first-order chi connectivity index (χ1) is 12.9. The Balaban J connectivity index is 1.98. The average molecular weight is 369 g/mol. The highest BCUT2D eigenvalue weighted by molar-refractivity contribution is 6.09. The summed E-state index contributed by atoms with van der Waals surface area (Å²) in [5, 5.41) is 8.23. The predicted octanol–water partition coefficient (Wildman–Crippen LogP) is 5.45. The zero-order valence-electron chi connectivity index (χ0n) is 15.5. The van der Waals surface area contributed by atoms with Crippen molar-refractivity contribution in [3.63, 3.8) is 0 Å². The molecular formula is C21H21F2N3O. The van der Waals surface area contributed by atoms with Crippen LogP contribution in [0, 0.1) is 11.6 Å². The number of para-hydroxylation sites is 1. The number of hydrogen-bond donors (Lipinski definition) is 2. The summed E-state index contributed by atoms with van der Waals surface area (Å²) in [5.41, 5.74) is 1.87. The molecule has 0 saturated carbocycles. The summed E-state index contributed by atoms with van der Waals surface area (Å²) in [6.45, 7) is 6.11. The van der Waals surface area contributed by atoms with Gasteiger partial charge in [-0.3, -0.25) is 0 Å². The fourth-order valence-electron chi connectivity index (χ4n) is 3.68. The molecular weight excluding hydrogens is 348 g/mol. The van der Waals surface area contributed by atoms with E-state index in [2.05, 4.69) is 15.5 Å². The Bertz CT molecular complexity index is 1050. The second-order valence-corrected chi connectivity index (χ2v) is 7.36. The van der Waals surface area contributed by atoms with E-state index in [9.17, 15) is 0 Å². The molecule has 0 fully saturated rings. The standard InChI is InChI=1S/C21H21F2N3O/c1-4-27-26-16-11-21(2,3)25-15-10-14(22)17(19(23)18(15)16)13-7-5-6-12-8-9-24-20(12)13/h5-10,24-25H,4,11H2,1-3H3. The van der Waals surface area contributed by atoms with Crippen LogP contribution in [0.5, 0.6) is 0 Å². The summed E-state index contributed by atoms with van der Waals surface area (Å²) in [4.78, 5) is 8.28. The minimum absolute atomic E-state index is 0.0625. The monoisotopic (exact) mass is 369 g/mol.